The van der Waals surface area contributed by atoms with E-state index in [1.807, 2.05) is 48.5 Å². The van der Waals surface area contributed by atoms with Gasteiger partial charge in [-0.2, -0.15) is 0 Å². The Labute approximate surface area is 179 Å². The Bertz CT molecular complexity index is 929. The van der Waals surface area contributed by atoms with E-state index in [0.717, 1.165) is 72.5 Å². The van der Waals surface area contributed by atoms with Gasteiger partial charge < -0.3 is 9.84 Å². The van der Waals surface area contributed by atoms with E-state index in [9.17, 15) is 9.90 Å². The Balaban J connectivity index is 1.46. The number of benzene rings is 3. The van der Waals surface area contributed by atoms with Crippen molar-refractivity contribution in [3.8, 4) is 5.75 Å². The number of ether oxygens (including phenoxy) is 1. The SMILES string of the molecule is CCCC(CCCCC(O)COc1cccc2ccccc12)c1ccccc1C=O. The molecule has 1 N–H and O–H groups in total. The normalized spacial score (nSPS) is 13.1. The van der Waals surface area contributed by atoms with E-state index in [4.69, 9.17) is 4.74 Å². The lowest BCUT2D eigenvalue weighted by Gasteiger charge is -2.19. The molecule has 0 aliphatic rings. The molecule has 3 aromatic carbocycles. The Morgan fingerprint density at radius 2 is 1.63 bits per heavy atom. The summed E-state index contributed by atoms with van der Waals surface area (Å²) in [6.45, 7) is 2.49. The van der Waals surface area contributed by atoms with Crippen LogP contribution in [0.15, 0.2) is 66.7 Å². The van der Waals surface area contributed by atoms with Crippen LogP contribution in [0.1, 0.15) is 67.3 Å². The van der Waals surface area contributed by atoms with Gasteiger partial charge in [0.15, 0.2) is 0 Å². The number of aliphatic hydroxyl groups excluding tert-OH is 1. The topological polar surface area (TPSA) is 46.5 Å². The molecule has 0 aliphatic carbocycles. The predicted octanol–water partition coefficient (Wildman–Crippen LogP) is 6.54. The molecule has 0 aromatic heterocycles. The molecule has 0 saturated carbocycles. The summed E-state index contributed by atoms with van der Waals surface area (Å²) in [4.78, 5) is 11.4. The van der Waals surface area contributed by atoms with Crippen molar-refractivity contribution < 1.29 is 14.6 Å². The van der Waals surface area contributed by atoms with Crippen LogP contribution in [0.5, 0.6) is 5.75 Å². The summed E-state index contributed by atoms with van der Waals surface area (Å²) in [5.41, 5.74) is 1.97. The van der Waals surface area contributed by atoms with Crippen molar-refractivity contribution in [2.24, 2.45) is 0 Å². The molecular formula is C27H32O3. The average Bonchev–Trinajstić information content (AvgIpc) is 2.79. The van der Waals surface area contributed by atoms with Crippen molar-refractivity contribution in [1.29, 1.82) is 0 Å². The molecule has 0 saturated heterocycles. The van der Waals surface area contributed by atoms with Crippen molar-refractivity contribution in [3.63, 3.8) is 0 Å². The van der Waals surface area contributed by atoms with E-state index in [2.05, 4.69) is 25.1 Å². The number of aliphatic hydroxyl groups is 1. The molecule has 158 valence electrons. The van der Waals surface area contributed by atoms with Crippen LogP contribution in [0.25, 0.3) is 10.8 Å². The second-order valence-electron chi connectivity index (χ2n) is 7.96. The third-order valence-electron chi connectivity index (χ3n) is 5.72. The van der Waals surface area contributed by atoms with Gasteiger partial charge in [0.2, 0.25) is 0 Å². The molecule has 0 spiro atoms. The first-order chi connectivity index (χ1) is 14.7. The Morgan fingerprint density at radius 3 is 2.47 bits per heavy atom. The van der Waals surface area contributed by atoms with E-state index in [0.29, 0.717) is 12.5 Å². The number of unbranched alkanes of at least 4 members (excludes halogenated alkanes) is 1. The Kier molecular flexibility index (Phi) is 8.46. The second-order valence-corrected chi connectivity index (χ2v) is 7.96. The van der Waals surface area contributed by atoms with Crippen LogP contribution in [0.2, 0.25) is 0 Å². The highest BCUT2D eigenvalue weighted by atomic mass is 16.5. The zero-order chi connectivity index (χ0) is 21.2. The van der Waals surface area contributed by atoms with Crippen molar-refractivity contribution >= 4 is 17.1 Å². The molecule has 2 unspecified atom stereocenters. The fourth-order valence-electron chi connectivity index (χ4n) is 4.16. The predicted molar refractivity (Wildman–Crippen MR) is 123 cm³/mol. The van der Waals surface area contributed by atoms with Crippen molar-refractivity contribution in [1.82, 2.24) is 0 Å². The highest BCUT2D eigenvalue weighted by Gasteiger charge is 2.15. The van der Waals surface area contributed by atoms with Crippen molar-refractivity contribution in [2.75, 3.05) is 6.61 Å². The third kappa shape index (κ3) is 5.93. The fraction of sp³-hybridized carbons (Fsp3) is 0.370. The number of aldehydes is 1. The minimum atomic E-state index is -0.476. The summed E-state index contributed by atoms with van der Waals surface area (Å²) in [5, 5.41) is 12.6. The number of carbonyl (C=O) groups excluding carboxylic acids is 1. The highest BCUT2D eigenvalue weighted by Crippen LogP contribution is 2.30. The molecule has 30 heavy (non-hydrogen) atoms. The minimum absolute atomic E-state index is 0.306. The molecule has 0 aliphatic heterocycles. The lowest BCUT2D eigenvalue weighted by molar-refractivity contribution is 0.0981. The number of fused-ring (bicyclic) bond motifs is 1. The van der Waals surface area contributed by atoms with Crippen molar-refractivity contribution in [3.05, 3.63) is 77.9 Å². The van der Waals surface area contributed by atoms with Crippen LogP contribution >= 0.6 is 0 Å². The first-order valence-corrected chi connectivity index (χ1v) is 11.1. The molecule has 3 rings (SSSR count). The van der Waals surface area contributed by atoms with Gasteiger partial charge in [-0.15, -0.1) is 0 Å². The van der Waals surface area contributed by atoms with E-state index in [1.54, 1.807) is 0 Å². The summed E-state index contributed by atoms with van der Waals surface area (Å²) in [6, 6.07) is 22.0. The van der Waals surface area contributed by atoms with Crippen LogP contribution in [-0.4, -0.2) is 24.1 Å². The van der Waals surface area contributed by atoms with Crippen LogP contribution in [0.4, 0.5) is 0 Å². The Hall–Kier alpha value is -2.65. The van der Waals surface area contributed by atoms with Gasteiger partial charge in [0, 0.05) is 10.9 Å². The third-order valence-corrected chi connectivity index (χ3v) is 5.72. The van der Waals surface area contributed by atoms with Crippen LogP contribution in [0, 0.1) is 0 Å². The molecule has 0 fully saturated rings. The van der Waals surface area contributed by atoms with Gasteiger partial charge in [-0.25, -0.2) is 0 Å². The van der Waals surface area contributed by atoms with E-state index in [1.165, 1.54) is 0 Å². The summed E-state index contributed by atoms with van der Waals surface area (Å²) < 4.78 is 5.91. The maximum atomic E-state index is 11.4. The monoisotopic (exact) mass is 404 g/mol. The molecule has 3 heteroatoms. The number of hydrogen-bond acceptors (Lipinski definition) is 3. The number of carbonyl (C=O) groups is 1. The smallest absolute Gasteiger partial charge is 0.150 e. The van der Waals surface area contributed by atoms with Gasteiger partial charge in [-0.1, -0.05) is 86.8 Å². The van der Waals surface area contributed by atoms with Gasteiger partial charge in [-0.3, -0.25) is 4.79 Å². The lowest BCUT2D eigenvalue weighted by Crippen LogP contribution is -2.17. The second kappa shape index (κ2) is 11.5. The van der Waals surface area contributed by atoms with Crippen LogP contribution < -0.4 is 4.74 Å². The van der Waals surface area contributed by atoms with E-state index in [-0.39, 0.29) is 0 Å². The van der Waals surface area contributed by atoms with Gasteiger partial charge in [0.05, 0.1) is 6.10 Å². The summed E-state index contributed by atoms with van der Waals surface area (Å²) in [7, 11) is 0. The van der Waals surface area contributed by atoms with Gasteiger partial charge >= 0.3 is 0 Å². The van der Waals surface area contributed by atoms with Crippen molar-refractivity contribution in [2.45, 2.75) is 57.5 Å². The quantitative estimate of drug-likeness (QED) is 0.275. The zero-order valence-corrected chi connectivity index (χ0v) is 17.8. The van der Waals surface area contributed by atoms with Gasteiger partial charge in [0.1, 0.15) is 18.6 Å². The molecule has 0 heterocycles. The summed E-state index contributed by atoms with van der Waals surface area (Å²) >= 11 is 0. The molecule has 0 bridgehead atoms. The standard InChI is InChI=1S/C27H32O3/c1-2-10-21(25-16-7-5-13-23(25)19-28)11-3-6-15-24(29)20-30-27-18-9-14-22-12-4-8-17-26(22)27/h4-5,7-9,12-14,16-19,21,24,29H,2-3,6,10-11,15,20H2,1H3. The molecule has 3 nitrogen and oxygen atoms in total. The highest BCUT2D eigenvalue weighted by molar-refractivity contribution is 5.88. The fourth-order valence-corrected chi connectivity index (χ4v) is 4.16. The maximum Gasteiger partial charge on any atom is 0.150 e. The van der Waals surface area contributed by atoms with E-state index < -0.39 is 6.10 Å². The lowest BCUT2D eigenvalue weighted by atomic mass is 9.86. The Morgan fingerprint density at radius 1 is 0.900 bits per heavy atom. The first kappa shape index (κ1) is 22.0. The molecular weight excluding hydrogens is 372 g/mol. The zero-order valence-electron chi connectivity index (χ0n) is 17.8. The molecule has 0 amide bonds. The van der Waals surface area contributed by atoms with Gasteiger partial charge in [-0.05, 0) is 42.2 Å². The summed E-state index contributed by atoms with van der Waals surface area (Å²) in [6.07, 6.45) is 6.40. The number of rotatable bonds is 12. The molecule has 0 radical (unpaired) electrons. The molecule has 2 atom stereocenters. The number of hydrogen-bond donors (Lipinski definition) is 1. The molecule has 3 aromatic rings. The average molecular weight is 405 g/mol. The van der Waals surface area contributed by atoms with Crippen LogP contribution in [-0.2, 0) is 0 Å². The maximum absolute atomic E-state index is 11.4. The summed E-state index contributed by atoms with van der Waals surface area (Å²) in [5.74, 6) is 1.22. The first-order valence-electron chi connectivity index (χ1n) is 11.1. The van der Waals surface area contributed by atoms with Crippen LogP contribution in [0.3, 0.4) is 0 Å². The minimum Gasteiger partial charge on any atom is -0.490 e. The van der Waals surface area contributed by atoms with Gasteiger partial charge in [0.25, 0.3) is 0 Å². The largest absolute Gasteiger partial charge is 0.490 e. The van der Waals surface area contributed by atoms with E-state index >= 15 is 0 Å².